The van der Waals surface area contributed by atoms with Crippen molar-refractivity contribution in [3.63, 3.8) is 0 Å². The first-order chi connectivity index (χ1) is 9.13. The highest BCUT2D eigenvalue weighted by molar-refractivity contribution is 6.32. The van der Waals surface area contributed by atoms with E-state index in [1.165, 1.54) is 6.07 Å². The number of rotatable bonds is 4. The minimum Gasteiger partial charge on any atom is -0.370 e. The van der Waals surface area contributed by atoms with Gasteiger partial charge in [-0.25, -0.2) is 4.39 Å². The van der Waals surface area contributed by atoms with Gasteiger partial charge in [0.15, 0.2) is 0 Å². The molecule has 2 rings (SSSR count). The van der Waals surface area contributed by atoms with Gasteiger partial charge in [0.25, 0.3) is 0 Å². The molecule has 2 aromatic rings. The van der Waals surface area contributed by atoms with Crippen molar-refractivity contribution < 1.29 is 4.39 Å². The number of hydrogen-bond acceptors (Lipinski definition) is 1. The molecule has 0 aliphatic carbocycles. The van der Waals surface area contributed by atoms with Gasteiger partial charge in [-0.3, -0.25) is 0 Å². The zero-order valence-corrected chi connectivity index (χ0v) is 12.0. The predicted octanol–water partition coefficient (Wildman–Crippen LogP) is 4.85. The van der Waals surface area contributed by atoms with Gasteiger partial charge in [0.05, 0.1) is 5.88 Å². The molecule has 0 unspecified atom stereocenters. The number of anilines is 1. The van der Waals surface area contributed by atoms with Crippen molar-refractivity contribution in [2.24, 2.45) is 0 Å². The van der Waals surface area contributed by atoms with E-state index in [-0.39, 0.29) is 5.82 Å². The Morgan fingerprint density at radius 3 is 2.53 bits per heavy atom. The fourth-order valence-electron chi connectivity index (χ4n) is 2.00. The Hall–Kier alpha value is -1.25. The molecule has 0 radical (unpaired) electrons. The van der Waals surface area contributed by atoms with E-state index in [1.54, 1.807) is 18.2 Å². The minimum atomic E-state index is -0.205. The number of nitrogens with zero attached hydrogens (tertiary/aromatic N) is 1. The Labute approximate surface area is 122 Å². The summed E-state index contributed by atoms with van der Waals surface area (Å²) in [5.74, 6) is 0.125. The fourth-order valence-corrected chi connectivity index (χ4v) is 2.59. The highest BCUT2D eigenvalue weighted by atomic mass is 35.5. The molecule has 100 valence electrons. The van der Waals surface area contributed by atoms with Crippen molar-refractivity contribution in [3.05, 3.63) is 64.4 Å². The van der Waals surface area contributed by atoms with Crippen molar-refractivity contribution >= 4 is 28.9 Å². The summed E-state index contributed by atoms with van der Waals surface area (Å²) in [5.41, 5.74) is 2.43. The summed E-state index contributed by atoms with van der Waals surface area (Å²) in [6.45, 7) is 0.469. The second-order valence-electron chi connectivity index (χ2n) is 4.32. The molecule has 19 heavy (non-hydrogen) atoms. The Morgan fingerprint density at radius 2 is 1.84 bits per heavy atom. The van der Waals surface area contributed by atoms with E-state index >= 15 is 0 Å². The molecule has 0 amide bonds. The van der Waals surface area contributed by atoms with E-state index < -0.39 is 0 Å². The molecule has 0 aromatic heterocycles. The van der Waals surface area contributed by atoms with Crippen LogP contribution in [0, 0.1) is 5.82 Å². The summed E-state index contributed by atoms with van der Waals surface area (Å²) in [5, 5.41) is 0.632. The van der Waals surface area contributed by atoms with Gasteiger partial charge in [-0.15, -0.1) is 11.6 Å². The number of halogens is 3. The van der Waals surface area contributed by atoms with Gasteiger partial charge in [-0.2, -0.15) is 0 Å². The first-order valence-electron chi connectivity index (χ1n) is 5.91. The molecule has 1 nitrogen and oxygen atoms in total. The molecular formula is C15H14Cl2FN. The summed E-state index contributed by atoms with van der Waals surface area (Å²) in [6.07, 6.45) is 0. The highest BCUT2D eigenvalue weighted by Gasteiger charge is 2.11. The van der Waals surface area contributed by atoms with Gasteiger partial charge in [0, 0.05) is 35.4 Å². The summed E-state index contributed by atoms with van der Waals surface area (Å²) in [6, 6.07) is 12.4. The van der Waals surface area contributed by atoms with Crippen LogP contribution in [0.2, 0.25) is 5.02 Å². The summed E-state index contributed by atoms with van der Waals surface area (Å²) < 4.78 is 13.6. The zero-order chi connectivity index (χ0) is 13.8. The van der Waals surface area contributed by atoms with Crippen molar-refractivity contribution in [1.82, 2.24) is 0 Å². The van der Waals surface area contributed by atoms with Crippen molar-refractivity contribution in [2.75, 3.05) is 11.9 Å². The molecular weight excluding hydrogens is 284 g/mol. The van der Waals surface area contributed by atoms with Crippen molar-refractivity contribution in [1.29, 1.82) is 0 Å². The first kappa shape index (κ1) is 14.2. The van der Waals surface area contributed by atoms with Crippen LogP contribution in [0.1, 0.15) is 11.1 Å². The molecule has 4 heteroatoms. The van der Waals surface area contributed by atoms with Crippen LogP contribution in [-0.2, 0) is 12.4 Å². The van der Waals surface area contributed by atoms with E-state index in [1.807, 2.05) is 30.1 Å². The molecule has 0 aliphatic heterocycles. The monoisotopic (exact) mass is 297 g/mol. The van der Waals surface area contributed by atoms with Crippen LogP contribution >= 0.6 is 23.2 Å². The van der Waals surface area contributed by atoms with E-state index in [9.17, 15) is 4.39 Å². The summed E-state index contributed by atoms with van der Waals surface area (Å²) >= 11 is 12.1. The van der Waals surface area contributed by atoms with Crippen LogP contribution in [0.5, 0.6) is 0 Å². The number of alkyl halides is 1. The highest BCUT2D eigenvalue weighted by Crippen LogP contribution is 2.29. The third-order valence-electron chi connectivity index (χ3n) is 3.00. The maximum atomic E-state index is 13.6. The maximum Gasteiger partial charge on any atom is 0.128 e. The van der Waals surface area contributed by atoms with Gasteiger partial charge >= 0.3 is 0 Å². The summed E-state index contributed by atoms with van der Waals surface area (Å²) in [7, 11) is 1.90. The number of benzene rings is 2. The van der Waals surface area contributed by atoms with Crippen LogP contribution in [0.4, 0.5) is 10.1 Å². The normalized spacial score (nSPS) is 10.5. The molecule has 0 aliphatic rings. The predicted molar refractivity (Wildman–Crippen MR) is 79.5 cm³/mol. The van der Waals surface area contributed by atoms with Crippen LogP contribution in [0.15, 0.2) is 42.5 Å². The van der Waals surface area contributed by atoms with Gasteiger partial charge < -0.3 is 4.90 Å². The lowest BCUT2D eigenvalue weighted by Crippen LogP contribution is -2.18. The number of hydrogen-bond donors (Lipinski definition) is 0. The molecule has 0 spiro atoms. The lowest BCUT2D eigenvalue weighted by molar-refractivity contribution is 0.608. The lowest BCUT2D eigenvalue weighted by atomic mass is 10.1. The minimum absolute atomic E-state index is 0.205. The molecule has 0 fully saturated rings. The third-order valence-corrected chi connectivity index (χ3v) is 3.63. The van der Waals surface area contributed by atoms with Crippen LogP contribution in [0.25, 0.3) is 0 Å². The third kappa shape index (κ3) is 3.20. The molecule has 0 bridgehead atoms. The second-order valence-corrected chi connectivity index (χ2v) is 4.99. The van der Waals surface area contributed by atoms with Gasteiger partial charge in [-0.05, 0) is 18.2 Å². The smallest absolute Gasteiger partial charge is 0.128 e. The van der Waals surface area contributed by atoms with E-state index in [0.717, 1.165) is 11.3 Å². The van der Waals surface area contributed by atoms with Crippen LogP contribution in [-0.4, -0.2) is 7.05 Å². The largest absolute Gasteiger partial charge is 0.370 e. The van der Waals surface area contributed by atoms with E-state index in [0.29, 0.717) is 23.0 Å². The molecule has 0 heterocycles. The topological polar surface area (TPSA) is 3.24 Å². The Bertz CT molecular complexity index is 572. The average molecular weight is 298 g/mol. The maximum absolute atomic E-state index is 13.6. The van der Waals surface area contributed by atoms with Crippen molar-refractivity contribution in [3.8, 4) is 0 Å². The molecule has 0 atom stereocenters. The molecule has 0 saturated carbocycles. The Morgan fingerprint density at radius 1 is 1.11 bits per heavy atom. The Balaban J connectivity index is 2.28. The van der Waals surface area contributed by atoms with Crippen molar-refractivity contribution in [2.45, 2.75) is 12.4 Å². The van der Waals surface area contributed by atoms with Gasteiger partial charge in [0.2, 0.25) is 0 Å². The van der Waals surface area contributed by atoms with E-state index in [2.05, 4.69) is 0 Å². The second kappa shape index (κ2) is 6.27. The zero-order valence-electron chi connectivity index (χ0n) is 10.5. The quantitative estimate of drug-likeness (QED) is 0.729. The lowest BCUT2D eigenvalue weighted by Gasteiger charge is -2.23. The SMILES string of the molecule is CN(Cc1ccccc1F)c1cccc(Cl)c1CCl. The van der Waals surface area contributed by atoms with Gasteiger partial charge in [-0.1, -0.05) is 35.9 Å². The van der Waals surface area contributed by atoms with Crippen LogP contribution < -0.4 is 4.90 Å². The Kier molecular flexibility index (Phi) is 4.67. The molecule has 0 saturated heterocycles. The standard InChI is InChI=1S/C15H14Cl2FN/c1-19(10-11-5-2-3-7-14(11)18)15-8-4-6-13(17)12(15)9-16/h2-8H,9-10H2,1H3. The average Bonchev–Trinajstić information content (AvgIpc) is 2.41. The van der Waals surface area contributed by atoms with E-state index in [4.69, 9.17) is 23.2 Å². The molecule has 2 aromatic carbocycles. The summed E-state index contributed by atoms with van der Waals surface area (Å²) in [4.78, 5) is 1.95. The fraction of sp³-hybridized carbons (Fsp3) is 0.200. The van der Waals surface area contributed by atoms with Crippen LogP contribution in [0.3, 0.4) is 0 Å². The molecule has 0 N–H and O–H groups in total. The van der Waals surface area contributed by atoms with Gasteiger partial charge in [0.1, 0.15) is 5.82 Å². The first-order valence-corrected chi connectivity index (χ1v) is 6.82.